The fourth-order valence-electron chi connectivity index (χ4n) is 4.49. The maximum absolute atomic E-state index is 15.8. The monoisotopic (exact) mass is 666 g/mol. The molecule has 44 heavy (non-hydrogen) atoms. The lowest BCUT2D eigenvalue weighted by Gasteiger charge is -2.38. The van der Waals surface area contributed by atoms with E-state index in [1.807, 2.05) is 38.4 Å². The molecule has 1 aromatic rings. The molecule has 0 amide bonds. The van der Waals surface area contributed by atoms with Crippen molar-refractivity contribution in [2.24, 2.45) is 0 Å². The highest BCUT2D eigenvalue weighted by Crippen LogP contribution is 2.58. The van der Waals surface area contributed by atoms with E-state index in [0.717, 1.165) is 10.6 Å². The molecule has 1 saturated heterocycles. The number of nitrogens with zero attached hydrogens (tertiary/aromatic N) is 3. The minimum Gasteiger partial charge on any atom is -0.382 e. The summed E-state index contributed by atoms with van der Waals surface area (Å²) in [4.78, 5) is 27.4. The molecule has 1 aliphatic rings. The summed E-state index contributed by atoms with van der Waals surface area (Å²) in [5.41, 5.74) is -2.36. The lowest BCUT2D eigenvalue weighted by atomic mass is 10.1. The van der Waals surface area contributed by atoms with Crippen molar-refractivity contribution in [2.75, 3.05) is 40.1 Å². The second-order valence-corrected chi connectivity index (χ2v) is 13.6. The van der Waals surface area contributed by atoms with Crippen LogP contribution in [0.1, 0.15) is 59.8 Å². The zero-order chi connectivity index (χ0) is 33.0. The molecule has 0 radical (unpaired) electrons. The molecule has 0 saturated carbocycles. The number of aryl methyl sites for hydroxylation is 1. The van der Waals surface area contributed by atoms with Crippen molar-refractivity contribution in [1.82, 2.24) is 14.2 Å². The van der Waals surface area contributed by atoms with E-state index in [0.29, 0.717) is 0 Å². The number of rotatable bonds is 19. The van der Waals surface area contributed by atoms with Crippen LogP contribution >= 0.6 is 16.1 Å². The van der Waals surface area contributed by atoms with Crippen molar-refractivity contribution >= 4 is 16.1 Å². The Morgan fingerprint density at radius 2 is 1.82 bits per heavy atom. The summed E-state index contributed by atoms with van der Waals surface area (Å²) in [7, 11) is -4.77. The first kappa shape index (κ1) is 38.4. The number of halogens is 1. The van der Waals surface area contributed by atoms with Gasteiger partial charge in [-0.3, -0.25) is 18.9 Å². The average Bonchev–Trinajstić information content (AvgIpc) is 3.26. The van der Waals surface area contributed by atoms with Gasteiger partial charge in [0.05, 0.1) is 45.5 Å². The SMILES string of the molecule is CCOP(=O)(OCC)/C(F)=C/[C@H]1O[C@@H](n2cc(C)c(=O)[nH]c2=O)[C@H](OCCOC)[C@@H]1OP(OCCC#N)N(C(C)C)C(C)C. The molecule has 2 rings (SSSR count). The first-order chi connectivity index (χ1) is 20.8. The number of aromatic amines is 1. The van der Waals surface area contributed by atoms with Crippen molar-refractivity contribution in [1.29, 1.82) is 5.26 Å². The number of ether oxygens (including phenoxy) is 3. The Bertz CT molecular complexity index is 1270. The third kappa shape index (κ3) is 10.1. The van der Waals surface area contributed by atoms with Gasteiger partial charge in [-0.2, -0.15) is 9.65 Å². The van der Waals surface area contributed by atoms with Gasteiger partial charge in [-0.05, 0) is 54.5 Å². The molecule has 5 atom stereocenters. The number of nitriles is 1. The van der Waals surface area contributed by atoms with Crippen molar-refractivity contribution in [3.05, 3.63) is 44.2 Å². The van der Waals surface area contributed by atoms with Crippen LogP contribution in [0, 0.1) is 18.3 Å². The van der Waals surface area contributed by atoms with Gasteiger partial charge in [0, 0.05) is 31.0 Å². The predicted octanol–water partition coefficient (Wildman–Crippen LogP) is 4.51. The van der Waals surface area contributed by atoms with Crippen LogP contribution in [0.2, 0.25) is 0 Å². The number of hydrogen-bond acceptors (Lipinski definition) is 12. The van der Waals surface area contributed by atoms with Gasteiger partial charge in [-0.1, -0.05) is 0 Å². The van der Waals surface area contributed by atoms with Gasteiger partial charge >= 0.3 is 13.3 Å². The number of hydrogen-bond donors (Lipinski definition) is 1. The summed E-state index contributed by atoms with van der Waals surface area (Å²) in [6.07, 6.45) is -2.41. The van der Waals surface area contributed by atoms with Crippen molar-refractivity contribution in [3.8, 4) is 6.07 Å². The van der Waals surface area contributed by atoms with Crippen LogP contribution in [0.25, 0.3) is 0 Å². The third-order valence-corrected chi connectivity index (χ3v) is 10.3. The van der Waals surface area contributed by atoms with E-state index in [4.69, 9.17) is 37.6 Å². The molecule has 1 fully saturated rings. The van der Waals surface area contributed by atoms with E-state index in [9.17, 15) is 14.2 Å². The molecule has 0 aliphatic carbocycles. The fourth-order valence-corrected chi connectivity index (χ4v) is 7.57. The Labute approximate surface area is 258 Å². The van der Waals surface area contributed by atoms with Crippen LogP contribution in [0.4, 0.5) is 4.39 Å². The van der Waals surface area contributed by atoms with Gasteiger partial charge in [0.2, 0.25) is 5.57 Å². The molecular weight excluding hydrogens is 621 g/mol. The largest absolute Gasteiger partial charge is 0.389 e. The summed E-state index contributed by atoms with van der Waals surface area (Å²) in [6.45, 7) is 12.5. The van der Waals surface area contributed by atoms with Gasteiger partial charge in [-0.15, -0.1) is 0 Å². The Kier molecular flexibility index (Phi) is 16.0. The fraction of sp³-hybridized carbons (Fsp3) is 0.741. The Morgan fingerprint density at radius 1 is 1.18 bits per heavy atom. The molecule has 1 unspecified atom stereocenters. The molecular formula is C27H45FN4O10P2. The Hall–Kier alpha value is -1.82. The number of methoxy groups -OCH3 is 1. The van der Waals surface area contributed by atoms with Crippen LogP contribution in [0.3, 0.4) is 0 Å². The molecule has 1 aliphatic heterocycles. The second kappa shape index (κ2) is 18.4. The smallest absolute Gasteiger partial charge is 0.382 e. The van der Waals surface area contributed by atoms with Gasteiger partial charge < -0.3 is 32.3 Å². The topological polar surface area (TPSA) is 164 Å². The van der Waals surface area contributed by atoms with Crippen molar-refractivity contribution in [2.45, 2.75) is 91.5 Å². The lowest BCUT2D eigenvalue weighted by Crippen LogP contribution is -2.42. The highest BCUT2D eigenvalue weighted by atomic mass is 31.2. The summed E-state index contributed by atoms with van der Waals surface area (Å²) in [5.74, 6) is 0. The van der Waals surface area contributed by atoms with E-state index < -0.39 is 57.5 Å². The molecule has 1 aromatic heterocycles. The van der Waals surface area contributed by atoms with E-state index in [-0.39, 0.29) is 57.1 Å². The lowest BCUT2D eigenvalue weighted by molar-refractivity contribution is -0.0767. The molecule has 0 aromatic carbocycles. The molecule has 0 bridgehead atoms. The Balaban J connectivity index is 2.74. The number of aromatic nitrogens is 2. The highest BCUT2D eigenvalue weighted by Gasteiger charge is 2.50. The van der Waals surface area contributed by atoms with Crippen LogP contribution in [-0.4, -0.2) is 84.8 Å². The maximum Gasteiger partial charge on any atom is 0.389 e. The quantitative estimate of drug-likeness (QED) is 0.163. The molecule has 1 N–H and O–H groups in total. The standard InChI is InChI=1S/C27H45FN4O10P2/c1-9-39-44(35,40-10-2)22(28)16-21-23(42-43(38-13-11-12-29)32(18(3)4)19(5)6)24(37-15-14-36-8)26(41-21)31-17-20(7)25(33)30-27(31)34/h16-19,21,23-24,26H,9-11,13-15H2,1-8H3,(H,30,33,34)/b22-16+/t21-,23-,24-,26-,43?/m1/s1. The summed E-state index contributed by atoms with van der Waals surface area (Å²) in [5, 5.41) is 9.13. The van der Waals surface area contributed by atoms with Gasteiger partial charge in [-0.25, -0.2) is 9.46 Å². The predicted molar refractivity (Wildman–Crippen MR) is 162 cm³/mol. The third-order valence-electron chi connectivity index (χ3n) is 6.28. The number of nitrogens with one attached hydrogen (secondary N) is 1. The molecule has 2 heterocycles. The van der Waals surface area contributed by atoms with E-state index in [2.05, 4.69) is 4.98 Å². The first-order valence-corrected chi connectivity index (χ1v) is 17.1. The maximum atomic E-state index is 15.8. The van der Waals surface area contributed by atoms with E-state index in [1.54, 1.807) is 13.8 Å². The van der Waals surface area contributed by atoms with E-state index in [1.165, 1.54) is 20.2 Å². The summed E-state index contributed by atoms with van der Waals surface area (Å²) < 4.78 is 72.7. The van der Waals surface area contributed by atoms with Crippen LogP contribution < -0.4 is 11.2 Å². The van der Waals surface area contributed by atoms with Crippen LogP contribution in [0.5, 0.6) is 0 Å². The van der Waals surface area contributed by atoms with Gasteiger partial charge in [0.1, 0.15) is 18.3 Å². The van der Waals surface area contributed by atoms with Crippen molar-refractivity contribution in [3.63, 3.8) is 0 Å². The first-order valence-electron chi connectivity index (χ1n) is 14.4. The molecule has 17 heteroatoms. The van der Waals surface area contributed by atoms with Crippen LogP contribution in [0.15, 0.2) is 27.4 Å². The summed E-state index contributed by atoms with van der Waals surface area (Å²) in [6, 6.07) is 1.90. The molecule has 0 spiro atoms. The van der Waals surface area contributed by atoms with E-state index >= 15 is 4.39 Å². The molecule has 14 nitrogen and oxygen atoms in total. The highest BCUT2D eigenvalue weighted by molar-refractivity contribution is 7.58. The Morgan fingerprint density at radius 3 is 2.36 bits per heavy atom. The summed E-state index contributed by atoms with van der Waals surface area (Å²) >= 11 is 0. The minimum atomic E-state index is -4.35. The van der Waals surface area contributed by atoms with Crippen molar-refractivity contribution < 1.29 is 41.3 Å². The van der Waals surface area contributed by atoms with Gasteiger partial charge in [0.15, 0.2) is 6.23 Å². The zero-order valence-electron chi connectivity index (χ0n) is 26.6. The zero-order valence-corrected chi connectivity index (χ0v) is 28.3. The minimum absolute atomic E-state index is 0.0402. The average molecular weight is 667 g/mol. The normalized spacial score (nSPS) is 21.8. The molecule has 250 valence electrons. The number of H-pyrrole nitrogens is 1. The van der Waals surface area contributed by atoms with Crippen LogP contribution in [-0.2, 0) is 36.9 Å². The van der Waals surface area contributed by atoms with Gasteiger partial charge in [0.25, 0.3) is 14.1 Å². The second-order valence-electron chi connectivity index (χ2n) is 10.2.